The highest BCUT2D eigenvalue weighted by Gasteiger charge is 2.21. The van der Waals surface area contributed by atoms with Crippen LogP contribution in [0.1, 0.15) is 31.1 Å². The standard InChI is InChI=1S/C21H25FN2O3/c1-3-6-20(25)23(12-4-2)16-21(26)24(15-19-7-5-13-27-19)14-17-8-10-18(22)11-9-17/h4-5,7-11,13H,2-3,6,12,14-16H2,1H3. The van der Waals surface area contributed by atoms with Crippen LogP contribution < -0.4 is 0 Å². The van der Waals surface area contributed by atoms with E-state index in [-0.39, 0.29) is 30.7 Å². The number of hydrogen-bond acceptors (Lipinski definition) is 3. The number of hydrogen-bond donors (Lipinski definition) is 0. The van der Waals surface area contributed by atoms with E-state index in [1.54, 1.807) is 41.5 Å². The van der Waals surface area contributed by atoms with Crippen molar-refractivity contribution < 1.29 is 18.4 Å². The zero-order valence-corrected chi connectivity index (χ0v) is 15.6. The Kier molecular flexibility index (Phi) is 7.79. The summed E-state index contributed by atoms with van der Waals surface area (Å²) in [6, 6.07) is 9.54. The normalized spacial score (nSPS) is 10.4. The molecular weight excluding hydrogens is 347 g/mol. The third-order valence-corrected chi connectivity index (χ3v) is 4.06. The van der Waals surface area contributed by atoms with Crippen LogP contribution >= 0.6 is 0 Å². The zero-order chi connectivity index (χ0) is 19.6. The van der Waals surface area contributed by atoms with Crippen LogP contribution in [0.3, 0.4) is 0 Å². The summed E-state index contributed by atoms with van der Waals surface area (Å²) in [5.74, 6) is 0.0260. The number of furan rings is 1. The summed E-state index contributed by atoms with van der Waals surface area (Å²) in [5.41, 5.74) is 0.798. The lowest BCUT2D eigenvalue weighted by Gasteiger charge is -2.27. The predicted molar refractivity (Wildman–Crippen MR) is 101 cm³/mol. The highest BCUT2D eigenvalue weighted by Crippen LogP contribution is 2.13. The molecule has 2 rings (SSSR count). The van der Waals surface area contributed by atoms with Crippen LogP contribution in [0.5, 0.6) is 0 Å². The molecule has 27 heavy (non-hydrogen) atoms. The van der Waals surface area contributed by atoms with E-state index in [0.717, 1.165) is 5.56 Å². The minimum atomic E-state index is -0.329. The van der Waals surface area contributed by atoms with E-state index in [4.69, 9.17) is 4.42 Å². The third kappa shape index (κ3) is 6.40. The van der Waals surface area contributed by atoms with Gasteiger partial charge in [0, 0.05) is 19.5 Å². The number of amides is 2. The molecule has 2 amide bonds. The predicted octanol–water partition coefficient (Wildman–Crippen LogP) is 3.76. The van der Waals surface area contributed by atoms with Gasteiger partial charge in [-0.15, -0.1) is 6.58 Å². The fraction of sp³-hybridized carbons (Fsp3) is 0.333. The lowest BCUT2D eigenvalue weighted by molar-refractivity contribution is -0.141. The quantitative estimate of drug-likeness (QED) is 0.597. The molecular formula is C21H25FN2O3. The van der Waals surface area contributed by atoms with Crippen LogP contribution in [0.2, 0.25) is 0 Å². The molecule has 0 aliphatic rings. The number of halogens is 1. The molecule has 0 aliphatic heterocycles. The maximum Gasteiger partial charge on any atom is 0.242 e. The summed E-state index contributed by atoms with van der Waals surface area (Å²) in [5, 5.41) is 0. The molecule has 0 radical (unpaired) electrons. The number of carbonyl (C=O) groups is 2. The van der Waals surface area contributed by atoms with Crippen molar-refractivity contribution in [3.05, 3.63) is 72.5 Å². The maximum absolute atomic E-state index is 13.2. The maximum atomic E-state index is 13.2. The van der Waals surface area contributed by atoms with Crippen molar-refractivity contribution in [1.29, 1.82) is 0 Å². The largest absolute Gasteiger partial charge is 0.467 e. The molecule has 6 heteroatoms. The van der Waals surface area contributed by atoms with E-state index in [1.165, 1.54) is 17.0 Å². The Morgan fingerprint density at radius 2 is 1.85 bits per heavy atom. The van der Waals surface area contributed by atoms with Gasteiger partial charge in [0.05, 0.1) is 12.8 Å². The van der Waals surface area contributed by atoms with Gasteiger partial charge in [-0.1, -0.05) is 25.1 Å². The lowest BCUT2D eigenvalue weighted by atomic mass is 10.2. The van der Waals surface area contributed by atoms with Gasteiger partial charge in [0.1, 0.15) is 18.1 Å². The Morgan fingerprint density at radius 1 is 1.11 bits per heavy atom. The van der Waals surface area contributed by atoms with Gasteiger partial charge in [0.25, 0.3) is 0 Å². The Bertz CT molecular complexity index is 741. The van der Waals surface area contributed by atoms with E-state index in [2.05, 4.69) is 6.58 Å². The molecule has 1 heterocycles. The second kappa shape index (κ2) is 10.3. The van der Waals surface area contributed by atoms with Crippen LogP contribution in [0.25, 0.3) is 0 Å². The summed E-state index contributed by atoms with van der Waals surface area (Å²) < 4.78 is 18.5. The molecule has 2 aromatic rings. The van der Waals surface area contributed by atoms with Gasteiger partial charge in [-0.2, -0.15) is 0 Å². The first-order valence-electron chi connectivity index (χ1n) is 8.96. The molecule has 1 aromatic carbocycles. The van der Waals surface area contributed by atoms with Crippen LogP contribution in [0.4, 0.5) is 4.39 Å². The van der Waals surface area contributed by atoms with Crippen LogP contribution in [-0.4, -0.2) is 34.7 Å². The van der Waals surface area contributed by atoms with Gasteiger partial charge in [0.2, 0.25) is 11.8 Å². The Morgan fingerprint density at radius 3 is 2.44 bits per heavy atom. The fourth-order valence-electron chi connectivity index (χ4n) is 2.68. The average molecular weight is 372 g/mol. The molecule has 0 bridgehead atoms. The van der Waals surface area contributed by atoms with E-state index in [1.807, 2.05) is 6.92 Å². The van der Waals surface area contributed by atoms with Gasteiger partial charge in [0.15, 0.2) is 0 Å². The first-order valence-corrected chi connectivity index (χ1v) is 8.96. The van der Waals surface area contributed by atoms with Gasteiger partial charge < -0.3 is 14.2 Å². The van der Waals surface area contributed by atoms with Crippen molar-refractivity contribution in [2.24, 2.45) is 0 Å². The van der Waals surface area contributed by atoms with Crippen LogP contribution in [-0.2, 0) is 22.7 Å². The van der Waals surface area contributed by atoms with Gasteiger partial charge >= 0.3 is 0 Å². The molecule has 0 spiro atoms. The second-order valence-corrected chi connectivity index (χ2v) is 6.27. The van der Waals surface area contributed by atoms with Crippen LogP contribution in [0.15, 0.2) is 59.7 Å². The Balaban J connectivity index is 2.14. The highest BCUT2D eigenvalue weighted by molar-refractivity contribution is 5.85. The highest BCUT2D eigenvalue weighted by atomic mass is 19.1. The molecule has 0 atom stereocenters. The molecule has 0 saturated heterocycles. The molecule has 0 saturated carbocycles. The zero-order valence-electron chi connectivity index (χ0n) is 15.6. The van der Waals surface area contributed by atoms with Crippen molar-refractivity contribution in [3.63, 3.8) is 0 Å². The number of benzene rings is 1. The molecule has 0 aliphatic carbocycles. The Labute approximate surface area is 159 Å². The molecule has 144 valence electrons. The first kappa shape index (κ1) is 20.4. The smallest absolute Gasteiger partial charge is 0.242 e. The SMILES string of the molecule is C=CCN(CC(=O)N(Cc1ccc(F)cc1)Cc1ccco1)C(=O)CCC. The topological polar surface area (TPSA) is 53.8 Å². The fourth-order valence-corrected chi connectivity index (χ4v) is 2.68. The summed E-state index contributed by atoms with van der Waals surface area (Å²) >= 11 is 0. The summed E-state index contributed by atoms with van der Waals surface area (Å²) in [4.78, 5) is 28.3. The number of nitrogens with zero attached hydrogens (tertiary/aromatic N) is 2. The minimum absolute atomic E-state index is 0.0350. The van der Waals surface area contributed by atoms with E-state index in [0.29, 0.717) is 31.7 Å². The molecule has 1 aromatic heterocycles. The summed E-state index contributed by atoms with van der Waals surface area (Å²) in [7, 11) is 0. The first-order chi connectivity index (χ1) is 13.0. The van der Waals surface area contributed by atoms with Crippen molar-refractivity contribution in [2.45, 2.75) is 32.9 Å². The molecule has 0 N–H and O–H groups in total. The molecule has 5 nitrogen and oxygen atoms in total. The van der Waals surface area contributed by atoms with Crippen molar-refractivity contribution in [1.82, 2.24) is 9.80 Å². The third-order valence-electron chi connectivity index (χ3n) is 4.06. The van der Waals surface area contributed by atoms with Crippen LogP contribution in [0, 0.1) is 5.82 Å². The molecule has 0 fully saturated rings. The van der Waals surface area contributed by atoms with E-state index >= 15 is 0 Å². The Hall–Kier alpha value is -2.89. The summed E-state index contributed by atoms with van der Waals surface area (Å²) in [6.07, 6.45) is 4.26. The second-order valence-electron chi connectivity index (χ2n) is 6.27. The lowest BCUT2D eigenvalue weighted by Crippen LogP contribution is -2.42. The van der Waals surface area contributed by atoms with Gasteiger partial charge in [-0.25, -0.2) is 4.39 Å². The average Bonchev–Trinajstić information content (AvgIpc) is 3.16. The van der Waals surface area contributed by atoms with Crippen molar-refractivity contribution in [3.8, 4) is 0 Å². The van der Waals surface area contributed by atoms with E-state index in [9.17, 15) is 14.0 Å². The number of carbonyl (C=O) groups excluding carboxylic acids is 2. The molecule has 0 unspecified atom stereocenters. The monoisotopic (exact) mass is 372 g/mol. The van der Waals surface area contributed by atoms with Crippen molar-refractivity contribution in [2.75, 3.05) is 13.1 Å². The van der Waals surface area contributed by atoms with Crippen molar-refractivity contribution >= 4 is 11.8 Å². The van der Waals surface area contributed by atoms with E-state index < -0.39 is 0 Å². The summed E-state index contributed by atoms with van der Waals surface area (Å²) in [6.45, 7) is 6.43. The minimum Gasteiger partial charge on any atom is -0.467 e. The number of rotatable bonds is 10. The van der Waals surface area contributed by atoms with Gasteiger partial charge in [-0.05, 0) is 36.2 Å². The van der Waals surface area contributed by atoms with Gasteiger partial charge in [-0.3, -0.25) is 9.59 Å².